The molecule has 1 aromatic carbocycles. The van der Waals surface area contributed by atoms with Crippen LogP contribution in [0.2, 0.25) is 0 Å². The van der Waals surface area contributed by atoms with Crippen molar-refractivity contribution in [3.63, 3.8) is 0 Å². The average Bonchev–Trinajstić information content (AvgIpc) is 3.51. The van der Waals surface area contributed by atoms with Crippen LogP contribution in [0, 0.1) is 0 Å². The topological polar surface area (TPSA) is 111 Å². The summed E-state index contributed by atoms with van der Waals surface area (Å²) in [6.07, 6.45) is 7.19. The van der Waals surface area contributed by atoms with E-state index in [1.165, 1.54) is 5.01 Å². The van der Waals surface area contributed by atoms with E-state index in [9.17, 15) is 9.59 Å². The fourth-order valence-electron chi connectivity index (χ4n) is 3.13. The first-order chi connectivity index (χ1) is 14.6. The summed E-state index contributed by atoms with van der Waals surface area (Å²) >= 11 is 0. The van der Waals surface area contributed by atoms with E-state index in [2.05, 4.69) is 5.10 Å². The molecule has 0 fully saturated rings. The van der Waals surface area contributed by atoms with Gasteiger partial charge in [0.1, 0.15) is 23.3 Å². The smallest absolute Gasteiger partial charge is 0.281 e. The van der Waals surface area contributed by atoms with Crippen molar-refractivity contribution in [1.82, 2.24) is 5.01 Å². The molecule has 3 heterocycles. The number of rotatable bonds is 7. The molecule has 8 nitrogen and oxygen atoms in total. The normalized spacial score (nSPS) is 16.1. The average molecular weight is 405 g/mol. The fraction of sp³-hybridized carbons (Fsp3) is 0.136. The van der Waals surface area contributed by atoms with Crippen LogP contribution in [0.5, 0.6) is 5.75 Å². The van der Waals surface area contributed by atoms with Crippen LogP contribution in [0.15, 0.2) is 81.1 Å². The lowest BCUT2D eigenvalue weighted by Crippen LogP contribution is -2.31. The SMILES string of the molecule is NC(=O)c1ccccc1OCC(=O)N1N=C(/C=C/c2ccco2)C[C@H]1c1ccco1. The molecule has 0 spiro atoms. The first-order valence-electron chi connectivity index (χ1n) is 9.28. The molecular formula is C22H19N3O5. The second-order valence-corrected chi connectivity index (χ2v) is 6.56. The van der Waals surface area contributed by atoms with Crippen molar-refractivity contribution < 1.29 is 23.2 Å². The highest BCUT2D eigenvalue weighted by Crippen LogP contribution is 2.32. The summed E-state index contributed by atoms with van der Waals surface area (Å²) in [7, 11) is 0. The van der Waals surface area contributed by atoms with E-state index < -0.39 is 11.9 Å². The summed E-state index contributed by atoms with van der Waals surface area (Å²) in [6, 6.07) is 13.3. The number of hydrogen-bond donors (Lipinski definition) is 1. The lowest BCUT2D eigenvalue weighted by atomic mass is 10.1. The van der Waals surface area contributed by atoms with Gasteiger partial charge in [0.15, 0.2) is 6.61 Å². The molecule has 0 saturated carbocycles. The van der Waals surface area contributed by atoms with Gasteiger partial charge in [-0.05, 0) is 48.6 Å². The van der Waals surface area contributed by atoms with Gasteiger partial charge < -0.3 is 19.3 Å². The number of hydrazone groups is 1. The summed E-state index contributed by atoms with van der Waals surface area (Å²) in [4.78, 5) is 24.4. The summed E-state index contributed by atoms with van der Waals surface area (Å²) < 4.78 is 16.4. The third-order valence-corrected chi connectivity index (χ3v) is 4.55. The predicted octanol–water partition coefficient (Wildman–Crippen LogP) is 3.39. The summed E-state index contributed by atoms with van der Waals surface area (Å²) in [5.41, 5.74) is 6.26. The first kappa shape index (κ1) is 19.3. The van der Waals surface area contributed by atoms with E-state index >= 15 is 0 Å². The second kappa shape index (κ2) is 8.52. The Morgan fingerprint density at radius 2 is 1.90 bits per heavy atom. The van der Waals surface area contributed by atoms with Crippen LogP contribution >= 0.6 is 0 Å². The van der Waals surface area contributed by atoms with Crippen LogP contribution in [0.3, 0.4) is 0 Å². The third-order valence-electron chi connectivity index (χ3n) is 4.55. The number of hydrogen-bond acceptors (Lipinski definition) is 6. The lowest BCUT2D eigenvalue weighted by Gasteiger charge is -2.20. The number of para-hydroxylation sites is 1. The molecule has 0 bridgehead atoms. The number of amides is 2. The molecule has 0 radical (unpaired) electrons. The highest BCUT2D eigenvalue weighted by atomic mass is 16.5. The number of primary amides is 1. The van der Waals surface area contributed by atoms with Crippen LogP contribution < -0.4 is 10.5 Å². The van der Waals surface area contributed by atoms with Gasteiger partial charge in [0.25, 0.3) is 11.8 Å². The van der Waals surface area contributed by atoms with Crippen molar-refractivity contribution in [1.29, 1.82) is 0 Å². The van der Waals surface area contributed by atoms with Crippen molar-refractivity contribution in [3.8, 4) is 5.75 Å². The van der Waals surface area contributed by atoms with Gasteiger partial charge in [0.05, 0.1) is 23.8 Å². The minimum atomic E-state index is -0.629. The fourth-order valence-corrected chi connectivity index (χ4v) is 3.13. The Labute approximate surface area is 172 Å². The Hall–Kier alpha value is -4.07. The van der Waals surface area contributed by atoms with E-state index in [1.54, 1.807) is 67.1 Å². The van der Waals surface area contributed by atoms with Gasteiger partial charge >= 0.3 is 0 Å². The number of nitrogens with zero attached hydrogens (tertiary/aromatic N) is 2. The maximum atomic E-state index is 12.9. The number of furan rings is 2. The maximum Gasteiger partial charge on any atom is 0.281 e. The Bertz CT molecular complexity index is 1080. The quantitative estimate of drug-likeness (QED) is 0.648. The minimum absolute atomic E-state index is 0.208. The zero-order valence-corrected chi connectivity index (χ0v) is 15.9. The van der Waals surface area contributed by atoms with Crippen LogP contribution in [-0.4, -0.2) is 29.1 Å². The molecule has 0 aliphatic carbocycles. The van der Waals surface area contributed by atoms with Gasteiger partial charge in [-0.3, -0.25) is 9.59 Å². The number of ether oxygens (including phenoxy) is 1. The Morgan fingerprint density at radius 1 is 1.10 bits per heavy atom. The number of allylic oxidation sites excluding steroid dienone is 1. The maximum absolute atomic E-state index is 12.9. The number of benzene rings is 1. The van der Waals surface area contributed by atoms with Gasteiger partial charge in [-0.1, -0.05) is 12.1 Å². The predicted molar refractivity (Wildman–Crippen MR) is 109 cm³/mol. The van der Waals surface area contributed by atoms with Gasteiger partial charge in [0, 0.05) is 6.42 Å². The highest BCUT2D eigenvalue weighted by Gasteiger charge is 2.33. The minimum Gasteiger partial charge on any atom is -0.483 e. The van der Waals surface area contributed by atoms with Crippen molar-refractivity contribution in [2.24, 2.45) is 10.8 Å². The Kier molecular flexibility index (Phi) is 5.47. The van der Waals surface area contributed by atoms with Gasteiger partial charge in [-0.2, -0.15) is 5.10 Å². The van der Waals surface area contributed by atoms with Gasteiger partial charge in [0.2, 0.25) is 0 Å². The molecule has 2 aromatic heterocycles. The monoisotopic (exact) mass is 405 g/mol. The van der Waals surface area contributed by atoms with Crippen molar-refractivity contribution in [2.45, 2.75) is 12.5 Å². The number of carbonyl (C=O) groups is 2. The zero-order valence-electron chi connectivity index (χ0n) is 15.9. The van der Waals surface area contributed by atoms with Crippen molar-refractivity contribution >= 4 is 23.6 Å². The molecular weight excluding hydrogens is 386 g/mol. The van der Waals surface area contributed by atoms with Gasteiger partial charge in [-0.15, -0.1) is 0 Å². The first-order valence-corrected chi connectivity index (χ1v) is 9.28. The van der Waals surface area contributed by atoms with E-state index in [1.807, 2.05) is 6.07 Å². The van der Waals surface area contributed by atoms with Crippen molar-refractivity contribution in [2.75, 3.05) is 6.61 Å². The Morgan fingerprint density at radius 3 is 2.63 bits per heavy atom. The largest absolute Gasteiger partial charge is 0.483 e. The molecule has 8 heteroatoms. The summed E-state index contributed by atoms with van der Waals surface area (Å²) in [5.74, 6) is 0.539. The second-order valence-electron chi connectivity index (χ2n) is 6.56. The molecule has 30 heavy (non-hydrogen) atoms. The molecule has 3 aromatic rings. The van der Waals surface area contributed by atoms with Crippen LogP contribution in [0.1, 0.15) is 34.3 Å². The van der Waals surface area contributed by atoms with Crippen LogP contribution in [0.25, 0.3) is 6.08 Å². The lowest BCUT2D eigenvalue weighted by molar-refractivity contribution is -0.135. The summed E-state index contributed by atoms with van der Waals surface area (Å²) in [6.45, 7) is -0.305. The molecule has 0 saturated heterocycles. The van der Waals surface area contributed by atoms with E-state index in [0.29, 0.717) is 23.7 Å². The van der Waals surface area contributed by atoms with Crippen LogP contribution in [-0.2, 0) is 4.79 Å². The molecule has 152 valence electrons. The Balaban J connectivity index is 1.51. The van der Waals surface area contributed by atoms with Gasteiger partial charge in [-0.25, -0.2) is 5.01 Å². The van der Waals surface area contributed by atoms with Crippen molar-refractivity contribution in [3.05, 3.63) is 84.2 Å². The number of carbonyl (C=O) groups excluding carboxylic acids is 2. The van der Waals surface area contributed by atoms with E-state index in [0.717, 1.165) is 0 Å². The zero-order chi connectivity index (χ0) is 20.9. The third kappa shape index (κ3) is 4.17. The van der Waals surface area contributed by atoms with E-state index in [-0.39, 0.29) is 23.8 Å². The highest BCUT2D eigenvalue weighted by molar-refractivity contribution is 6.01. The number of nitrogens with two attached hydrogens (primary N) is 1. The molecule has 0 unspecified atom stereocenters. The van der Waals surface area contributed by atoms with Crippen LogP contribution in [0.4, 0.5) is 0 Å². The summed E-state index contributed by atoms with van der Waals surface area (Å²) in [5, 5.41) is 5.78. The molecule has 2 N–H and O–H groups in total. The molecule has 1 aliphatic heterocycles. The standard InChI is InChI=1S/C22H19N3O5/c23-22(27)17-6-1-2-7-19(17)30-14-21(26)25-18(20-8-4-12-29-20)13-15(24-25)9-10-16-5-3-11-28-16/h1-12,18H,13-14H2,(H2,23,27)/b10-9+/t18-/m0/s1. The molecule has 4 rings (SSSR count). The molecule has 1 atom stereocenters. The molecule has 1 aliphatic rings. The molecule has 2 amide bonds. The van der Waals surface area contributed by atoms with E-state index in [4.69, 9.17) is 19.3 Å².